The van der Waals surface area contributed by atoms with E-state index in [4.69, 9.17) is 0 Å². The highest BCUT2D eigenvalue weighted by molar-refractivity contribution is 7.91. The Morgan fingerprint density at radius 3 is 2.89 bits per heavy atom. The highest BCUT2D eigenvalue weighted by Crippen LogP contribution is 2.32. The molecule has 96 valence electrons. The molecule has 0 aromatic carbocycles. The molecule has 0 radical (unpaired) electrons. The van der Waals surface area contributed by atoms with Gasteiger partial charge in [-0.1, -0.05) is 12.5 Å². The molecule has 4 nitrogen and oxygen atoms in total. The van der Waals surface area contributed by atoms with Gasteiger partial charge in [-0.2, -0.15) is 0 Å². The smallest absolute Gasteiger partial charge is 0.158 e. The summed E-state index contributed by atoms with van der Waals surface area (Å²) in [5.74, 6) is 0.296. The second-order valence-electron chi connectivity index (χ2n) is 4.91. The summed E-state index contributed by atoms with van der Waals surface area (Å²) < 4.78 is 26.1. The number of fused-ring (bicyclic) bond motifs is 1. The van der Waals surface area contributed by atoms with Crippen molar-refractivity contribution in [2.45, 2.75) is 31.4 Å². The van der Waals surface area contributed by atoms with Crippen LogP contribution in [0.2, 0.25) is 0 Å². The van der Waals surface area contributed by atoms with Gasteiger partial charge in [0.15, 0.2) is 9.84 Å². The highest BCUT2D eigenvalue weighted by Gasteiger charge is 2.32. The van der Waals surface area contributed by atoms with Crippen LogP contribution in [-0.4, -0.2) is 23.6 Å². The summed E-state index contributed by atoms with van der Waals surface area (Å²) in [7, 11) is -3.01. The number of hydrogen-bond acceptors (Lipinski definition) is 3. The number of sulfone groups is 1. The molecule has 0 aliphatic carbocycles. The average Bonchev–Trinajstić information content (AvgIpc) is 2.73. The first kappa shape index (κ1) is 11.7. The summed E-state index contributed by atoms with van der Waals surface area (Å²) in [6.07, 6.45) is 4.32. The van der Waals surface area contributed by atoms with Crippen LogP contribution in [0, 0.1) is 6.92 Å². The second-order valence-corrected chi connectivity index (χ2v) is 7.22. The molecule has 1 saturated heterocycles. The molecular formula is C13H16N2O2S. The molecule has 0 N–H and O–H groups in total. The van der Waals surface area contributed by atoms with E-state index in [1.807, 2.05) is 35.7 Å². The lowest BCUT2D eigenvalue weighted by atomic mass is 10.1. The first-order valence-corrected chi connectivity index (χ1v) is 7.96. The zero-order valence-corrected chi connectivity index (χ0v) is 11.2. The monoisotopic (exact) mass is 264 g/mol. The second kappa shape index (κ2) is 4.09. The van der Waals surface area contributed by atoms with Gasteiger partial charge in [0.1, 0.15) is 10.9 Å². The third-order valence-electron chi connectivity index (χ3n) is 3.62. The predicted octanol–water partition coefficient (Wildman–Crippen LogP) is 2.28. The van der Waals surface area contributed by atoms with Gasteiger partial charge in [0.05, 0.1) is 11.4 Å². The summed E-state index contributed by atoms with van der Waals surface area (Å²) in [4.78, 5) is 4.48. The Morgan fingerprint density at radius 1 is 1.33 bits per heavy atom. The van der Waals surface area contributed by atoms with Crippen LogP contribution < -0.4 is 0 Å². The van der Waals surface area contributed by atoms with Crippen molar-refractivity contribution in [1.82, 2.24) is 9.38 Å². The maximum atomic E-state index is 12.1. The third kappa shape index (κ3) is 1.82. The van der Waals surface area contributed by atoms with E-state index in [9.17, 15) is 8.42 Å². The number of rotatable bonds is 1. The van der Waals surface area contributed by atoms with E-state index in [1.54, 1.807) is 0 Å². The maximum absolute atomic E-state index is 12.1. The minimum absolute atomic E-state index is 0.296. The minimum Gasteiger partial charge on any atom is -0.304 e. The molecule has 1 aliphatic rings. The lowest BCUT2D eigenvalue weighted by Gasteiger charge is -2.20. The number of aryl methyl sites for hydroxylation is 1. The van der Waals surface area contributed by atoms with Crippen molar-refractivity contribution in [3.05, 3.63) is 35.8 Å². The number of nitrogens with zero attached hydrogens (tertiary/aromatic N) is 2. The predicted molar refractivity (Wildman–Crippen MR) is 70.3 cm³/mol. The third-order valence-corrected chi connectivity index (χ3v) is 5.82. The van der Waals surface area contributed by atoms with Gasteiger partial charge < -0.3 is 4.40 Å². The van der Waals surface area contributed by atoms with Crippen molar-refractivity contribution in [3.63, 3.8) is 0 Å². The molecule has 2 aromatic heterocycles. The van der Waals surface area contributed by atoms with Gasteiger partial charge in [0, 0.05) is 11.9 Å². The van der Waals surface area contributed by atoms with Crippen LogP contribution in [0.25, 0.3) is 5.65 Å². The van der Waals surface area contributed by atoms with Crippen LogP contribution in [0.15, 0.2) is 24.4 Å². The van der Waals surface area contributed by atoms with E-state index < -0.39 is 15.1 Å². The van der Waals surface area contributed by atoms with Crippen molar-refractivity contribution >= 4 is 15.5 Å². The van der Waals surface area contributed by atoms with Crippen molar-refractivity contribution in [2.24, 2.45) is 0 Å². The standard InChI is InChI=1S/C13H16N2O2S/c1-10-5-4-7-13-14-11(9-15(10)13)12-6-2-3-8-18(12,16)17/h4-5,7,9,12H,2-3,6,8H2,1H3. The van der Waals surface area contributed by atoms with Gasteiger partial charge >= 0.3 is 0 Å². The first-order chi connectivity index (χ1) is 8.58. The molecular weight excluding hydrogens is 248 g/mol. The van der Waals surface area contributed by atoms with Gasteiger partial charge in [-0.15, -0.1) is 0 Å². The van der Waals surface area contributed by atoms with Gasteiger partial charge in [0.2, 0.25) is 0 Å². The van der Waals surface area contributed by atoms with Crippen LogP contribution in [0.1, 0.15) is 35.9 Å². The van der Waals surface area contributed by atoms with Crippen molar-refractivity contribution in [2.75, 3.05) is 5.75 Å². The lowest BCUT2D eigenvalue weighted by Crippen LogP contribution is -2.21. The van der Waals surface area contributed by atoms with E-state index in [2.05, 4.69) is 4.98 Å². The molecule has 3 rings (SSSR count). The van der Waals surface area contributed by atoms with Crippen molar-refractivity contribution in [1.29, 1.82) is 0 Å². The van der Waals surface area contributed by atoms with E-state index in [0.717, 1.165) is 24.2 Å². The Bertz CT molecular complexity index is 688. The topological polar surface area (TPSA) is 51.4 Å². The van der Waals surface area contributed by atoms with Crippen molar-refractivity contribution in [3.8, 4) is 0 Å². The van der Waals surface area contributed by atoms with Crippen molar-refractivity contribution < 1.29 is 8.42 Å². The number of pyridine rings is 1. The summed E-state index contributed by atoms with van der Waals surface area (Å²) in [5.41, 5.74) is 2.59. The van der Waals surface area contributed by atoms with E-state index in [1.165, 1.54) is 0 Å². The quantitative estimate of drug-likeness (QED) is 0.794. The fraction of sp³-hybridized carbons (Fsp3) is 0.462. The van der Waals surface area contributed by atoms with E-state index >= 15 is 0 Å². The van der Waals surface area contributed by atoms with E-state index in [0.29, 0.717) is 17.9 Å². The fourth-order valence-corrected chi connectivity index (χ4v) is 4.51. The summed E-state index contributed by atoms with van der Waals surface area (Å²) in [6.45, 7) is 1.99. The molecule has 0 amide bonds. The Morgan fingerprint density at radius 2 is 2.17 bits per heavy atom. The maximum Gasteiger partial charge on any atom is 0.158 e. The first-order valence-electron chi connectivity index (χ1n) is 6.24. The SMILES string of the molecule is Cc1cccc2nc(C3CCCCS3(=O)=O)cn12. The fourth-order valence-electron chi connectivity index (χ4n) is 2.61. The zero-order valence-electron chi connectivity index (χ0n) is 10.3. The normalized spacial score (nSPS) is 23.3. The number of aromatic nitrogens is 2. The molecule has 0 saturated carbocycles. The van der Waals surface area contributed by atoms with Gasteiger partial charge in [-0.25, -0.2) is 13.4 Å². The van der Waals surface area contributed by atoms with Crippen LogP contribution in [0.3, 0.4) is 0 Å². The minimum atomic E-state index is -3.01. The Balaban J connectivity index is 2.12. The van der Waals surface area contributed by atoms with E-state index in [-0.39, 0.29) is 0 Å². The number of hydrogen-bond donors (Lipinski definition) is 0. The molecule has 1 unspecified atom stereocenters. The van der Waals surface area contributed by atoms with Crippen LogP contribution in [-0.2, 0) is 9.84 Å². The molecule has 0 bridgehead atoms. The highest BCUT2D eigenvalue weighted by atomic mass is 32.2. The zero-order chi connectivity index (χ0) is 12.8. The van der Waals surface area contributed by atoms with Gasteiger partial charge in [0.25, 0.3) is 0 Å². The van der Waals surface area contributed by atoms with Crippen LogP contribution >= 0.6 is 0 Å². The molecule has 0 spiro atoms. The Labute approximate surface area is 107 Å². The number of imidazole rings is 1. The molecule has 18 heavy (non-hydrogen) atoms. The Kier molecular flexibility index (Phi) is 2.66. The van der Waals surface area contributed by atoms with Crippen LogP contribution in [0.4, 0.5) is 0 Å². The molecule has 1 fully saturated rings. The van der Waals surface area contributed by atoms with Crippen LogP contribution in [0.5, 0.6) is 0 Å². The van der Waals surface area contributed by atoms with Gasteiger partial charge in [-0.3, -0.25) is 0 Å². The molecule has 1 atom stereocenters. The molecule has 1 aliphatic heterocycles. The molecule has 2 aromatic rings. The van der Waals surface area contributed by atoms with Gasteiger partial charge in [-0.05, 0) is 31.9 Å². The molecule has 5 heteroatoms. The Hall–Kier alpha value is -1.36. The molecule has 3 heterocycles. The average molecular weight is 264 g/mol. The summed E-state index contributed by atoms with van der Waals surface area (Å²) in [6, 6.07) is 5.84. The summed E-state index contributed by atoms with van der Waals surface area (Å²) in [5, 5.41) is -0.412. The lowest BCUT2D eigenvalue weighted by molar-refractivity contribution is 0.543. The largest absolute Gasteiger partial charge is 0.304 e. The summed E-state index contributed by atoms with van der Waals surface area (Å²) >= 11 is 0.